The fraction of sp³-hybridized carbons (Fsp3) is 0.438. The smallest absolute Gasteiger partial charge is 0.328 e. The van der Waals surface area contributed by atoms with Gasteiger partial charge in [-0.1, -0.05) is 12.1 Å². The van der Waals surface area contributed by atoms with Crippen molar-refractivity contribution in [3.63, 3.8) is 0 Å². The van der Waals surface area contributed by atoms with E-state index < -0.39 is 23.6 Å². The third-order valence-corrected chi connectivity index (χ3v) is 2.88. The van der Waals surface area contributed by atoms with Gasteiger partial charge < -0.3 is 14.2 Å². The van der Waals surface area contributed by atoms with Gasteiger partial charge in [-0.05, 0) is 31.5 Å². The Labute approximate surface area is 129 Å². The number of benzene rings is 1. The molecule has 120 valence electrons. The molecule has 0 aliphatic heterocycles. The zero-order valence-corrected chi connectivity index (χ0v) is 13.0. The molecule has 0 bridgehead atoms. The van der Waals surface area contributed by atoms with Gasteiger partial charge in [0, 0.05) is 6.42 Å². The third kappa shape index (κ3) is 4.87. The van der Waals surface area contributed by atoms with Crippen LogP contribution < -0.4 is 4.74 Å². The van der Waals surface area contributed by atoms with Gasteiger partial charge in [0.25, 0.3) is 0 Å². The lowest BCUT2D eigenvalue weighted by Gasteiger charge is -2.13. The first-order valence-electron chi connectivity index (χ1n) is 7.02. The molecule has 1 aromatic carbocycles. The van der Waals surface area contributed by atoms with E-state index in [2.05, 4.69) is 0 Å². The zero-order chi connectivity index (χ0) is 16.5. The first-order chi connectivity index (χ1) is 10.5. The summed E-state index contributed by atoms with van der Waals surface area (Å²) in [5.74, 6) is -3.28. The maximum absolute atomic E-state index is 12.3. The number of methoxy groups -OCH3 is 1. The molecule has 6 heteroatoms. The monoisotopic (exact) mass is 308 g/mol. The minimum Gasteiger partial charge on any atom is -0.497 e. The van der Waals surface area contributed by atoms with Crippen molar-refractivity contribution < 1.29 is 28.6 Å². The number of esters is 2. The van der Waals surface area contributed by atoms with E-state index >= 15 is 0 Å². The summed E-state index contributed by atoms with van der Waals surface area (Å²) in [5.41, 5.74) is 0.642. The number of rotatable bonds is 8. The SMILES string of the molecule is CCOC(=O)C(C(=O)Cc1cccc(OC)c1)C(=O)OCC. The van der Waals surface area contributed by atoms with Gasteiger partial charge >= 0.3 is 11.9 Å². The normalized spacial score (nSPS) is 10.2. The van der Waals surface area contributed by atoms with Crippen molar-refractivity contribution in [3.8, 4) is 5.75 Å². The Morgan fingerprint density at radius 2 is 1.64 bits per heavy atom. The van der Waals surface area contributed by atoms with E-state index in [1.807, 2.05) is 0 Å². The lowest BCUT2D eigenvalue weighted by molar-refractivity contribution is -0.163. The molecule has 0 saturated carbocycles. The standard InChI is InChI=1S/C16H20O6/c1-4-21-15(18)14(16(19)22-5-2)13(17)10-11-7-6-8-12(9-11)20-3/h6-9,14H,4-5,10H2,1-3H3. The number of hydrogen-bond donors (Lipinski definition) is 0. The molecule has 0 aliphatic carbocycles. The molecule has 0 aliphatic rings. The molecule has 22 heavy (non-hydrogen) atoms. The Kier molecular flexibility index (Phi) is 7.08. The molecular formula is C16H20O6. The summed E-state index contributed by atoms with van der Waals surface area (Å²) in [7, 11) is 1.51. The van der Waals surface area contributed by atoms with E-state index in [-0.39, 0.29) is 19.6 Å². The molecule has 1 aromatic rings. The predicted molar refractivity (Wildman–Crippen MR) is 78.5 cm³/mol. The molecule has 0 N–H and O–H groups in total. The van der Waals surface area contributed by atoms with Crippen LogP contribution in [0.3, 0.4) is 0 Å². The molecule has 0 amide bonds. The molecule has 0 spiro atoms. The first-order valence-corrected chi connectivity index (χ1v) is 7.02. The maximum Gasteiger partial charge on any atom is 0.328 e. The molecule has 0 radical (unpaired) electrons. The van der Waals surface area contributed by atoms with Crippen molar-refractivity contribution in [2.45, 2.75) is 20.3 Å². The molecule has 0 heterocycles. The van der Waals surface area contributed by atoms with Crippen LogP contribution in [0.2, 0.25) is 0 Å². The highest BCUT2D eigenvalue weighted by Crippen LogP contribution is 2.16. The van der Waals surface area contributed by atoms with Gasteiger partial charge in [-0.15, -0.1) is 0 Å². The quantitative estimate of drug-likeness (QED) is 0.535. The van der Waals surface area contributed by atoms with E-state index in [9.17, 15) is 14.4 Å². The average molecular weight is 308 g/mol. The van der Waals surface area contributed by atoms with E-state index in [1.165, 1.54) is 7.11 Å². The highest BCUT2D eigenvalue weighted by Gasteiger charge is 2.36. The summed E-state index contributed by atoms with van der Waals surface area (Å²) in [6.07, 6.45) is -0.0838. The van der Waals surface area contributed by atoms with Crippen LogP contribution >= 0.6 is 0 Å². The van der Waals surface area contributed by atoms with Crippen molar-refractivity contribution in [1.82, 2.24) is 0 Å². The van der Waals surface area contributed by atoms with Crippen molar-refractivity contribution in [1.29, 1.82) is 0 Å². The molecule has 0 aromatic heterocycles. The van der Waals surface area contributed by atoms with Gasteiger partial charge in [-0.3, -0.25) is 14.4 Å². The largest absolute Gasteiger partial charge is 0.497 e. The third-order valence-electron chi connectivity index (χ3n) is 2.88. The summed E-state index contributed by atoms with van der Waals surface area (Å²) in [4.78, 5) is 36.0. The van der Waals surface area contributed by atoms with Gasteiger partial charge in [0.2, 0.25) is 5.92 Å². The molecular weight excluding hydrogens is 288 g/mol. The number of Topliss-reactive ketones (excluding diaryl/α,β-unsaturated/α-hetero) is 1. The Morgan fingerprint density at radius 1 is 1.05 bits per heavy atom. The minimum atomic E-state index is -1.55. The van der Waals surface area contributed by atoms with Crippen molar-refractivity contribution in [2.24, 2.45) is 5.92 Å². The number of hydrogen-bond acceptors (Lipinski definition) is 6. The summed E-state index contributed by atoms with van der Waals surface area (Å²) >= 11 is 0. The van der Waals surface area contributed by atoms with E-state index in [0.717, 1.165) is 0 Å². The molecule has 0 fully saturated rings. The van der Waals surface area contributed by atoms with Crippen molar-refractivity contribution >= 4 is 17.7 Å². The van der Waals surface area contributed by atoms with Crippen LogP contribution in [-0.2, 0) is 30.3 Å². The Balaban J connectivity index is 2.90. The fourth-order valence-corrected chi connectivity index (χ4v) is 1.90. The van der Waals surface area contributed by atoms with E-state index in [0.29, 0.717) is 11.3 Å². The highest BCUT2D eigenvalue weighted by atomic mass is 16.6. The Morgan fingerprint density at radius 3 is 2.14 bits per heavy atom. The molecule has 1 rings (SSSR count). The van der Waals surface area contributed by atoms with Crippen LogP contribution in [-0.4, -0.2) is 38.0 Å². The van der Waals surface area contributed by atoms with Gasteiger partial charge in [0.05, 0.1) is 20.3 Å². The van der Waals surface area contributed by atoms with Gasteiger partial charge in [0.15, 0.2) is 5.78 Å². The van der Waals surface area contributed by atoms with Crippen molar-refractivity contribution in [3.05, 3.63) is 29.8 Å². The summed E-state index contributed by atoms with van der Waals surface area (Å²) in [6.45, 7) is 3.38. The second kappa shape index (κ2) is 8.81. The summed E-state index contributed by atoms with van der Waals surface area (Å²) in [6, 6.07) is 6.85. The minimum absolute atomic E-state index is 0.0838. The van der Waals surface area contributed by atoms with Gasteiger partial charge in [0.1, 0.15) is 5.75 Å². The second-order valence-corrected chi connectivity index (χ2v) is 4.43. The highest BCUT2D eigenvalue weighted by molar-refractivity contribution is 6.15. The summed E-state index contributed by atoms with van der Waals surface area (Å²) < 4.78 is 14.7. The van der Waals surface area contributed by atoms with Crippen LogP contribution in [0.15, 0.2) is 24.3 Å². The Hall–Kier alpha value is -2.37. The van der Waals surface area contributed by atoms with Crippen LogP contribution in [0.25, 0.3) is 0 Å². The fourth-order valence-electron chi connectivity index (χ4n) is 1.90. The number of ketones is 1. The van der Waals surface area contributed by atoms with Gasteiger partial charge in [-0.25, -0.2) is 0 Å². The Bertz CT molecular complexity index is 519. The summed E-state index contributed by atoms with van der Waals surface area (Å²) in [5, 5.41) is 0. The topological polar surface area (TPSA) is 78.9 Å². The lowest BCUT2D eigenvalue weighted by Crippen LogP contribution is -2.35. The lowest BCUT2D eigenvalue weighted by atomic mass is 9.97. The van der Waals surface area contributed by atoms with E-state index in [4.69, 9.17) is 14.2 Å². The van der Waals surface area contributed by atoms with Crippen LogP contribution in [0, 0.1) is 5.92 Å². The number of carbonyl (C=O) groups excluding carboxylic acids is 3. The van der Waals surface area contributed by atoms with Gasteiger partial charge in [-0.2, -0.15) is 0 Å². The molecule has 6 nitrogen and oxygen atoms in total. The van der Waals surface area contributed by atoms with Crippen molar-refractivity contribution in [2.75, 3.05) is 20.3 Å². The molecule has 0 atom stereocenters. The maximum atomic E-state index is 12.3. The van der Waals surface area contributed by atoms with E-state index in [1.54, 1.807) is 38.1 Å². The van der Waals surface area contributed by atoms with Crippen LogP contribution in [0.5, 0.6) is 5.75 Å². The zero-order valence-electron chi connectivity index (χ0n) is 13.0. The van der Waals surface area contributed by atoms with Crippen LogP contribution in [0.4, 0.5) is 0 Å². The molecule has 0 saturated heterocycles. The molecule has 0 unspecified atom stereocenters. The van der Waals surface area contributed by atoms with Crippen LogP contribution in [0.1, 0.15) is 19.4 Å². The predicted octanol–water partition coefficient (Wildman–Crippen LogP) is 1.55. The second-order valence-electron chi connectivity index (χ2n) is 4.43. The average Bonchev–Trinajstić information content (AvgIpc) is 2.48. The number of carbonyl (C=O) groups is 3. The first kappa shape index (κ1) is 17.7. The number of ether oxygens (including phenoxy) is 3.